The summed E-state index contributed by atoms with van der Waals surface area (Å²) in [4.78, 5) is 28.8. The standard InChI is InChI=1S/C24H22ClN7O2/c1-30(2)13-14-34-17-9-7-16(8-10-17)28-23-27-15-18-21(29-23)31-12-11-26-24(31)32(22(18)33)20-6-4-3-5-19(20)25/h3-12,15H,13-14H2,1-2H3,(H,27,28,29). The van der Waals surface area contributed by atoms with E-state index in [4.69, 9.17) is 16.3 Å². The molecule has 3 heterocycles. The van der Waals surface area contributed by atoms with Gasteiger partial charge in [0.2, 0.25) is 11.7 Å². The molecule has 0 aliphatic rings. The Bertz CT molecular complexity index is 1530. The monoisotopic (exact) mass is 475 g/mol. The molecule has 5 aromatic rings. The first-order valence-corrected chi connectivity index (χ1v) is 11.0. The number of anilines is 2. The van der Waals surface area contributed by atoms with Gasteiger partial charge in [0.25, 0.3) is 5.56 Å². The Morgan fingerprint density at radius 3 is 2.65 bits per heavy atom. The molecule has 0 aliphatic heterocycles. The fourth-order valence-corrected chi connectivity index (χ4v) is 3.79. The van der Waals surface area contributed by atoms with Gasteiger partial charge in [-0.05, 0) is 50.5 Å². The van der Waals surface area contributed by atoms with Gasteiger partial charge >= 0.3 is 0 Å². The van der Waals surface area contributed by atoms with Crippen LogP contribution in [0.15, 0.2) is 71.9 Å². The highest BCUT2D eigenvalue weighted by atomic mass is 35.5. The number of para-hydroxylation sites is 1. The summed E-state index contributed by atoms with van der Waals surface area (Å²) in [6.07, 6.45) is 4.88. The van der Waals surface area contributed by atoms with Crippen molar-refractivity contribution in [1.82, 2.24) is 28.8 Å². The molecule has 0 saturated heterocycles. The van der Waals surface area contributed by atoms with Crippen LogP contribution in [0.2, 0.25) is 5.02 Å². The SMILES string of the molecule is CN(C)CCOc1ccc(Nc2ncc3c(=O)n(-c4ccccc4Cl)c4nccn4c3n2)cc1. The lowest BCUT2D eigenvalue weighted by molar-refractivity contribution is 0.261. The van der Waals surface area contributed by atoms with Crippen LogP contribution >= 0.6 is 11.6 Å². The number of benzene rings is 2. The first-order chi connectivity index (χ1) is 16.5. The Morgan fingerprint density at radius 2 is 1.88 bits per heavy atom. The zero-order valence-corrected chi connectivity index (χ0v) is 19.4. The summed E-state index contributed by atoms with van der Waals surface area (Å²) < 4.78 is 8.94. The minimum absolute atomic E-state index is 0.299. The molecule has 172 valence electrons. The Morgan fingerprint density at radius 1 is 1.09 bits per heavy atom. The van der Waals surface area contributed by atoms with Crippen molar-refractivity contribution >= 4 is 40.0 Å². The summed E-state index contributed by atoms with van der Waals surface area (Å²) in [5, 5.41) is 3.97. The molecule has 1 N–H and O–H groups in total. The van der Waals surface area contributed by atoms with Crippen molar-refractivity contribution in [2.75, 3.05) is 32.6 Å². The number of ether oxygens (including phenoxy) is 1. The van der Waals surface area contributed by atoms with Crippen molar-refractivity contribution in [3.63, 3.8) is 0 Å². The molecular formula is C24H22ClN7O2. The largest absolute Gasteiger partial charge is 0.492 e. The first-order valence-electron chi connectivity index (χ1n) is 10.7. The van der Waals surface area contributed by atoms with Crippen LogP contribution in [0, 0.1) is 0 Å². The number of rotatable bonds is 7. The maximum Gasteiger partial charge on any atom is 0.270 e. The highest BCUT2D eigenvalue weighted by molar-refractivity contribution is 6.32. The second-order valence-electron chi connectivity index (χ2n) is 7.92. The molecule has 0 fully saturated rings. The van der Waals surface area contributed by atoms with Gasteiger partial charge in [0.05, 0.1) is 10.7 Å². The molecular weight excluding hydrogens is 454 g/mol. The van der Waals surface area contributed by atoms with Crippen LogP contribution in [0.1, 0.15) is 0 Å². The van der Waals surface area contributed by atoms with E-state index in [2.05, 4.69) is 25.2 Å². The quantitative estimate of drug-likeness (QED) is 0.383. The van der Waals surface area contributed by atoms with Gasteiger partial charge in [-0.1, -0.05) is 23.7 Å². The van der Waals surface area contributed by atoms with Gasteiger partial charge in [-0.25, -0.2) is 14.5 Å². The molecule has 5 rings (SSSR count). The van der Waals surface area contributed by atoms with Crippen LogP contribution in [0.5, 0.6) is 5.75 Å². The zero-order chi connectivity index (χ0) is 23.7. The van der Waals surface area contributed by atoms with E-state index in [1.165, 1.54) is 10.8 Å². The third-order valence-electron chi connectivity index (χ3n) is 5.26. The van der Waals surface area contributed by atoms with Crippen molar-refractivity contribution in [3.8, 4) is 11.4 Å². The molecule has 0 amide bonds. The Labute approximate surface area is 200 Å². The predicted molar refractivity (Wildman–Crippen MR) is 133 cm³/mol. The Balaban J connectivity index is 1.48. The topological polar surface area (TPSA) is 89.6 Å². The highest BCUT2D eigenvalue weighted by Gasteiger charge is 2.17. The van der Waals surface area contributed by atoms with E-state index in [1.54, 1.807) is 28.9 Å². The highest BCUT2D eigenvalue weighted by Crippen LogP contribution is 2.23. The van der Waals surface area contributed by atoms with Crippen molar-refractivity contribution in [2.24, 2.45) is 0 Å². The minimum atomic E-state index is -0.299. The molecule has 10 heteroatoms. The van der Waals surface area contributed by atoms with Gasteiger partial charge in [0.1, 0.15) is 17.7 Å². The van der Waals surface area contributed by atoms with Gasteiger partial charge in [-0.3, -0.25) is 9.20 Å². The lowest BCUT2D eigenvalue weighted by atomic mass is 10.3. The van der Waals surface area contributed by atoms with E-state index in [0.29, 0.717) is 40.1 Å². The molecule has 0 atom stereocenters. The lowest BCUT2D eigenvalue weighted by Crippen LogP contribution is -2.22. The Kier molecular flexibility index (Phi) is 5.87. The van der Waals surface area contributed by atoms with Crippen molar-refractivity contribution in [3.05, 3.63) is 82.5 Å². The maximum atomic E-state index is 13.4. The van der Waals surface area contributed by atoms with Gasteiger partial charge in [-0.15, -0.1) is 0 Å². The number of hydrogen-bond donors (Lipinski definition) is 1. The molecule has 0 unspecified atom stereocenters. The number of nitrogens with one attached hydrogen (secondary N) is 1. The van der Waals surface area contributed by atoms with Gasteiger partial charge in [0, 0.05) is 30.8 Å². The maximum absolute atomic E-state index is 13.4. The van der Waals surface area contributed by atoms with Crippen molar-refractivity contribution < 1.29 is 4.74 Å². The molecule has 0 aliphatic carbocycles. The van der Waals surface area contributed by atoms with Gasteiger partial charge < -0.3 is 15.0 Å². The summed E-state index contributed by atoms with van der Waals surface area (Å²) in [6, 6.07) is 14.7. The lowest BCUT2D eigenvalue weighted by Gasteiger charge is -2.13. The number of aromatic nitrogens is 5. The average molecular weight is 476 g/mol. The zero-order valence-electron chi connectivity index (χ0n) is 18.6. The van der Waals surface area contributed by atoms with Crippen molar-refractivity contribution in [2.45, 2.75) is 0 Å². The summed E-state index contributed by atoms with van der Waals surface area (Å²) in [7, 11) is 4.01. The van der Waals surface area contributed by atoms with E-state index in [9.17, 15) is 4.79 Å². The number of nitrogens with zero attached hydrogens (tertiary/aromatic N) is 6. The number of fused-ring (bicyclic) bond motifs is 3. The smallest absolute Gasteiger partial charge is 0.270 e. The second kappa shape index (κ2) is 9.12. The normalized spacial score (nSPS) is 11.4. The second-order valence-corrected chi connectivity index (χ2v) is 8.33. The number of imidazole rings is 1. The van der Waals surface area contributed by atoms with E-state index in [0.717, 1.165) is 18.0 Å². The fraction of sp³-hybridized carbons (Fsp3) is 0.167. The van der Waals surface area contributed by atoms with Crippen LogP contribution in [0.25, 0.3) is 22.5 Å². The minimum Gasteiger partial charge on any atom is -0.492 e. The van der Waals surface area contributed by atoms with Crippen LogP contribution in [0.4, 0.5) is 11.6 Å². The number of hydrogen-bond acceptors (Lipinski definition) is 7. The third-order valence-corrected chi connectivity index (χ3v) is 5.58. The van der Waals surface area contributed by atoms with Crippen molar-refractivity contribution in [1.29, 1.82) is 0 Å². The van der Waals surface area contributed by atoms with E-state index in [-0.39, 0.29) is 5.56 Å². The first kappa shape index (κ1) is 21.9. The van der Waals surface area contributed by atoms with Crippen LogP contribution < -0.4 is 15.6 Å². The summed E-state index contributed by atoms with van der Waals surface area (Å²) in [6.45, 7) is 1.45. The third kappa shape index (κ3) is 4.18. The number of halogens is 1. The molecule has 0 radical (unpaired) electrons. The van der Waals surface area contributed by atoms with Crippen LogP contribution in [0.3, 0.4) is 0 Å². The summed E-state index contributed by atoms with van der Waals surface area (Å²) >= 11 is 6.37. The van der Waals surface area contributed by atoms with E-state index >= 15 is 0 Å². The van der Waals surface area contributed by atoms with Gasteiger partial charge in [0.15, 0.2) is 5.65 Å². The molecule has 0 spiro atoms. The van der Waals surface area contributed by atoms with Crippen LogP contribution in [-0.4, -0.2) is 56.1 Å². The fourth-order valence-electron chi connectivity index (χ4n) is 3.57. The molecule has 9 nitrogen and oxygen atoms in total. The molecule has 2 aromatic carbocycles. The van der Waals surface area contributed by atoms with E-state index < -0.39 is 0 Å². The summed E-state index contributed by atoms with van der Waals surface area (Å²) in [5.74, 6) is 1.56. The van der Waals surface area contributed by atoms with Gasteiger partial charge in [-0.2, -0.15) is 4.98 Å². The molecule has 0 bridgehead atoms. The predicted octanol–water partition coefficient (Wildman–Crippen LogP) is 3.77. The summed E-state index contributed by atoms with van der Waals surface area (Å²) in [5.41, 5.74) is 1.49. The molecule has 0 saturated carbocycles. The van der Waals surface area contributed by atoms with E-state index in [1.807, 2.05) is 50.5 Å². The number of likely N-dealkylation sites (N-methyl/N-ethyl adjacent to an activating group) is 1. The molecule has 3 aromatic heterocycles. The Hall–Kier alpha value is -3.95. The van der Waals surface area contributed by atoms with Crippen LogP contribution in [-0.2, 0) is 0 Å². The average Bonchev–Trinajstić information content (AvgIpc) is 3.31. The molecule has 34 heavy (non-hydrogen) atoms.